The van der Waals surface area contributed by atoms with E-state index in [4.69, 9.17) is 9.47 Å². The van der Waals surface area contributed by atoms with Gasteiger partial charge < -0.3 is 19.7 Å². The van der Waals surface area contributed by atoms with Crippen LogP contribution in [-0.4, -0.2) is 42.2 Å². The predicted octanol–water partition coefficient (Wildman–Crippen LogP) is 2.25. The lowest BCUT2D eigenvalue weighted by atomic mass is 10.2. The first-order valence-corrected chi connectivity index (χ1v) is 6.94. The number of morpholine rings is 1. The molecule has 0 saturated carbocycles. The fourth-order valence-corrected chi connectivity index (χ4v) is 2.35. The van der Waals surface area contributed by atoms with E-state index in [0.717, 1.165) is 0 Å². The highest BCUT2D eigenvalue weighted by Gasteiger charge is 2.25. The van der Waals surface area contributed by atoms with Gasteiger partial charge in [0.15, 0.2) is 0 Å². The maximum Gasteiger partial charge on any atom is 0.322 e. The summed E-state index contributed by atoms with van der Waals surface area (Å²) < 4.78 is 10.6. The summed E-state index contributed by atoms with van der Waals surface area (Å²) in [5.74, 6) is 0.0123. The molecule has 1 aromatic carbocycles. The maximum absolute atomic E-state index is 12.2. The van der Waals surface area contributed by atoms with Gasteiger partial charge in [-0.2, -0.15) is 0 Å². The number of nitrogens with one attached hydrogen (secondary N) is 1. The molecule has 1 N–H and O–H groups in total. The molecule has 21 heavy (non-hydrogen) atoms. The molecule has 114 valence electrons. The number of benzene rings is 1. The minimum atomic E-state index is -0.394. The summed E-state index contributed by atoms with van der Waals surface area (Å²) in [6, 6.07) is 6.57. The van der Waals surface area contributed by atoms with Gasteiger partial charge in [-0.25, -0.2) is 4.79 Å². The van der Waals surface area contributed by atoms with Crippen LogP contribution in [0.4, 0.5) is 10.5 Å². The lowest BCUT2D eigenvalue weighted by molar-refractivity contribution is -0.131. The lowest BCUT2D eigenvalue weighted by Gasteiger charge is -2.35. The smallest absolute Gasteiger partial charge is 0.322 e. The molecular formula is C15H20N2O4. The van der Waals surface area contributed by atoms with Gasteiger partial charge in [-0.1, -0.05) is 6.07 Å². The zero-order valence-electron chi connectivity index (χ0n) is 12.5. The second-order valence-electron chi connectivity index (χ2n) is 5.21. The molecule has 1 fully saturated rings. The first-order valence-electron chi connectivity index (χ1n) is 6.94. The van der Waals surface area contributed by atoms with Crippen molar-refractivity contribution in [2.24, 2.45) is 0 Å². The average Bonchev–Trinajstić information content (AvgIpc) is 2.37. The highest BCUT2D eigenvalue weighted by molar-refractivity contribution is 5.89. The molecule has 1 saturated heterocycles. The summed E-state index contributed by atoms with van der Waals surface area (Å²) in [6.45, 7) is 6.33. The number of carbonyl (C=O) groups excluding carboxylic acids is 2. The molecule has 1 aliphatic rings. The minimum Gasteiger partial charge on any atom is -0.427 e. The second kappa shape index (κ2) is 6.58. The molecule has 6 nitrogen and oxygen atoms in total. The highest BCUT2D eigenvalue weighted by Crippen LogP contribution is 2.19. The van der Waals surface area contributed by atoms with Gasteiger partial charge in [0.1, 0.15) is 5.75 Å². The molecule has 2 rings (SSSR count). The van der Waals surface area contributed by atoms with Gasteiger partial charge in [0.05, 0.1) is 12.2 Å². The van der Waals surface area contributed by atoms with Gasteiger partial charge in [0.25, 0.3) is 0 Å². The SMILES string of the molecule is CC(=O)Oc1cccc(NC(=O)N2CC(C)OC(C)C2)c1. The van der Waals surface area contributed by atoms with Crippen LogP contribution in [0.25, 0.3) is 0 Å². The van der Waals surface area contributed by atoms with Crippen molar-refractivity contribution in [3.05, 3.63) is 24.3 Å². The van der Waals surface area contributed by atoms with Crippen LogP contribution in [-0.2, 0) is 9.53 Å². The third-order valence-electron chi connectivity index (χ3n) is 3.05. The number of carbonyl (C=O) groups is 2. The van der Waals surface area contributed by atoms with Crippen molar-refractivity contribution in [2.75, 3.05) is 18.4 Å². The molecule has 2 atom stereocenters. The number of ether oxygens (including phenoxy) is 2. The largest absolute Gasteiger partial charge is 0.427 e. The standard InChI is InChI=1S/C15H20N2O4/c1-10-8-17(9-11(2)20-10)15(19)16-13-5-4-6-14(7-13)21-12(3)18/h4-7,10-11H,8-9H2,1-3H3,(H,16,19). The Hall–Kier alpha value is -2.08. The van der Waals surface area contributed by atoms with Crippen LogP contribution in [0.15, 0.2) is 24.3 Å². The zero-order valence-corrected chi connectivity index (χ0v) is 12.5. The first-order chi connectivity index (χ1) is 9.94. The van der Waals surface area contributed by atoms with Crippen molar-refractivity contribution in [3.8, 4) is 5.75 Å². The molecule has 0 aromatic heterocycles. The summed E-state index contributed by atoms with van der Waals surface area (Å²) in [5.41, 5.74) is 0.588. The van der Waals surface area contributed by atoms with Crippen LogP contribution in [0.2, 0.25) is 0 Å². The number of hydrogen-bond donors (Lipinski definition) is 1. The van der Waals surface area contributed by atoms with E-state index in [1.54, 1.807) is 29.2 Å². The van der Waals surface area contributed by atoms with E-state index in [1.807, 2.05) is 13.8 Å². The summed E-state index contributed by atoms with van der Waals surface area (Å²) in [7, 11) is 0. The van der Waals surface area contributed by atoms with E-state index < -0.39 is 5.97 Å². The average molecular weight is 292 g/mol. The van der Waals surface area contributed by atoms with Crippen LogP contribution in [0.3, 0.4) is 0 Å². The van der Waals surface area contributed by atoms with Crippen LogP contribution in [0.1, 0.15) is 20.8 Å². The Bertz CT molecular complexity index is 522. The lowest BCUT2D eigenvalue weighted by Crippen LogP contribution is -2.49. The van der Waals surface area contributed by atoms with Gasteiger partial charge in [-0.05, 0) is 26.0 Å². The van der Waals surface area contributed by atoms with Crippen LogP contribution < -0.4 is 10.1 Å². The number of nitrogens with zero attached hydrogens (tertiary/aromatic N) is 1. The van der Waals surface area contributed by atoms with Gasteiger partial charge in [-0.3, -0.25) is 4.79 Å². The summed E-state index contributed by atoms with van der Waals surface area (Å²) in [6.07, 6.45) is 0.0405. The number of hydrogen-bond acceptors (Lipinski definition) is 4. The van der Waals surface area contributed by atoms with Gasteiger partial charge >= 0.3 is 12.0 Å². The first kappa shape index (κ1) is 15.3. The molecule has 0 radical (unpaired) electrons. The summed E-state index contributed by atoms with van der Waals surface area (Å²) in [4.78, 5) is 24.9. The maximum atomic E-state index is 12.2. The van der Waals surface area contributed by atoms with Gasteiger partial charge in [0, 0.05) is 31.8 Å². The Balaban J connectivity index is 2.00. The highest BCUT2D eigenvalue weighted by atomic mass is 16.5. The molecular weight excluding hydrogens is 272 g/mol. The molecule has 0 aliphatic carbocycles. The van der Waals surface area contributed by atoms with Crippen molar-refractivity contribution >= 4 is 17.7 Å². The Labute approximate surface area is 124 Å². The van der Waals surface area contributed by atoms with E-state index in [1.165, 1.54) is 6.92 Å². The van der Waals surface area contributed by atoms with E-state index in [2.05, 4.69) is 5.32 Å². The van der Waals surface area contributed by atoms with E-state index in [9.17, 15) is 9.59 Å². The van der Waals surface area contributed by atoms with Crippen molar-refractivity contribution in [1.29, 1.82) is 0 Å². The number of rotatable bonds is 2. The number of amides is 2. The molecule has 1 aromatic rings. The molecule has 1 aliphatic heterocycles. The fourth-order valence-electron chi connectivity index (χ4n) is 2.35. The molecule has 2 unspecified atom stereocenters. The Morgan fingerprint density at radius 3 is 2.57 bits per heavy atom. The topological polar surface area (TPSA) is 67.9 Å². The van der Waals surface area contributed by atoms with E-state index in [-0.39, 0.29) is 18.2 Å². The third-order valence-corrected chi connectivity index (χ3v) is 3.05. The van der Waals surface area contributed by atoms with Crippen LogP contribution in [0, 0.1) is 0 Å². The van der Waals surface area contributed by atoms with Crippen molar-refractivity contribution in [3.63, 3.8) is 0 Å². The molecule has 2 amide bonds. The van der Waals surface area contributed by atoms with Crippen molar-refractivity contribution < 1.29 is 19.1 Å². The summed E-state index contributed by atoms with van der Waals surface area (Å²) >= 11 is 0. The Morgan fingerprint density at radius 1 is 1.29 bits per heavy atom. The van der Waals surface area contributed by atoms with Crippen LogP contribution in [0.5, 0.6) is 5.75 Å². The number of urea groups is 1. The predicted molar refractivity (Wildman–Crippen MR) is 78.4 cm³/mol. The number of anilines is 1. The van der Waals surface area contributed by atoms with Crippen molar-refractivity contribution in [2.45, 2.75) is 33.0 Å². The minimum absolute atomic E-state index is 0.0203. The molecule has 0 bridgehead atoms. The Morgan fingerprint density at radius 2 is 1.95 bits per heavy atom. The van der Waals surface area contributed by atoms with E-state index in [0.29, 0.717) is 24.5 Å². The normalized spacial score (nSPS) is 21.8. The quantitative estimate of drug-likeness (QED) is 0.670. The second-order valence-corrected chi connectivity index (χ2v) is 5.21. The zero-order chi connectivity index (χ0) is 15.4. The van der Waals surface area contributed by atoms with Crippen molar-refractivity contribution in [1.82, 2.24) is 4.90 Å². The Kier molecular flexibility index (Phi) is 4.80. The fraction of sp³-hybridized carbons (Fsp3) is 0.467. The van der Waals surface area contributed by atoms with Gasteiger partial charge in [-0.15, -0.1) is 0 Å². The summed E-state index contributed by atoms with van der Waals surface area (Å²) in [5, 5.41) is 2.81. The van der Waals surface area contributed by atoms with E-state index >= 15 is 0 Å². The molecule has 6 heteroatoms. The van der Waals surface area contributed by atoms with Gasteiger partial charge in [0.2, 0.25) is 0 Å². The third kappa shape index (κ3) is 4.46. The molecule has 0 spiro atoms. The monoisotopic (exact) mass is 292 g/mol. The van der Waals surface area contributed by atoms with Crippen LogP contribution >= 0.6 is 0 Å². The molecule has 1 heterocycles. The number of esters is 1.